The first-order chi connectivity index (χ1) is 16.1. The molecule has 0 radical (unpaired) electrons. The number of aliphatic hydroxyl groups excluding tert-OH is 2. The number of para-hydroxylation sites is 1. The van der Waals surface area contributed by atoms with E-state index in [-0.39, 0.29) is 12.2 Å². The van der Waals surface area contributed by atoms with Gasteiger partial charge in [0.25, 0.3) is 0 Å². The van der Waals surface area contributed by atoms with Gasteiger partial charge in [0, 0.05) is 29.3 Å². The maximum atomic E-state index is 13.0. The second-order valence-corrected chi connectivity index (χ2v) is 8.09. The summed E-state index contributed by atoms with van der Waals surface area (Å²) in [6, 6.07) is 2.00. The van der Waals surface area contributed by atoms with Crippen LogP contribution < -0.4 is 21.7 Å². The number of aliphatic carboxylic acids is 1. The Morgan fingerprint density at radius 2 is 1.68 bits per heavy atom. The minimum atomic E-state index is -1.60. The van der Waals surface area contributed by atoms with Crippen LogP contribution in [-0.2, 0) is 25.6 Å². The van der Waals surface area contributed by atoms with Crippen molar-refractivity contribution in [3.63, 3.8) is 0 Å². The standard InChI is InChI=1S/C21H29N5O7S/c1-10(28)17(21(32)33)26-19(30)15(6-11-7-23-14-5-3-2-4-12(11)14)24-20(31)16(9-34)25-18(29)13(22)8-27/h2-5,7,10,13,15-17,23,27-28,34H,6,8-9,22H2,1H3,(H,24,31)(H,25,29)(H,26,30)(H,32,33). The van der Waals surface area contributed by atoms with E-state index in [1.807, 2.05) is 18.2 Å². The fraction of sp³-hybridized carbons (Fsp3) is 0.429. The summed E-state index contributed by atoms with van der Waals surface area (Å²) in [4.78, 5) is 52.3. The number of aromatic nitrogens is 1. The molecule has 0 fully saturated rings. The number of hydrogen-bond acceptors (Lipinski definition) is 8. The number of H-pyrrole nitrogens is 1. The predicted molar refractivity (Wildman–Crippen MR) is 126 cm³/mol. The highest BCUT2D eigenvalue weighted by Gasteiger charge is 2.32. The molecule has 12 nitrogen and oxygen atoms in total. The molecule has 1 heterocycles. The fourth-order valence-corrected chi connectivity index (χ4v) is 3.46. The van der Waals surface area contributed by atoms with E-state index in [2.05, 4.69) is 33.6 Å². The van der Waals surface area contributed by atoms with Crippen molar-refractivity contribution in [2.45, 2.75) is 43.6 Å². The molecule has 0 aliphatic rings. The quantitative estimate of drug-likeness (QED) is 0.148. The predicted octanol–water partition coefficient (Wildman–Crippen LogP) is -2.12. The van der Waals surface area contributed by atoms with Crippen LogP contribution in [0.4, 0.5) is 0 Å². The number of aromatic amines is 1. The van der Waals surface area contributed by atoms with Gasteiger partial charge in [-0.15, -0.1) is 0 Å². The zero-order chi connectivity index (χ0) is 25.4. The van der Waals surface area contributed by atoms with Crippen LogP contribution >= 0.6 is 12.6 Å². The number of carbonyl (C=O) groups excluding carboxylic acids is 3. The average Bonchev–Trinajstić information content (AvgIpc) is 3.21. The molecule has 34 heavy (non-hydrogen) atoms. The highest BCUT2D eigenvalue weighted by Crippen LogP contribution is 2.19. The molecule has 1 aromatic carbocycles. The fourth-order valence-electron chi connectivity index (χ4n) is 3.20. The lowest BCUT2D eigenvalue weighted by atomic mass is 10.0. The number of thiol groups is 1. The van der Waals surface area contributed by atoms with Crippen LogP contribution in [-0.4, -0.2) is 86.6 Å². The molecule has 13 heteroatoms. The molecule has 0 bridgehead atoms. The molecule has 0 aliphatic carbocycles. The highest BCUT2D eigenvalue weighted by molar-refractivity contribution is 7.80. The normalized spacial score (nSPS) is 15.6. The molecular formula is C21H29N5O7S. The van der Waals surface area contributed by atoms with Crippen LogP contribution in [0, 0.1) is 0 Å². The highest BCUT2D eigenvalue weighted by atomic mass is 32.1. The van der Waals surface area contributed by atoms with Crippen molar-refractivity contribution in [2.75, 3.05) is 12.4 Å². The summed E-state index contributed by atoms with van der Waals surface area (Å²) in [7, 11) is 0. The lowest BCUT2D eigenvalue weighted by molar-refractivity contribution is -0.145. The number of rotatable bonds is 12. The summed E-state index contributed by atoms with van der Waals surface area (Å²) in [6.45, 7) is 0.581. The van der Waals surface area contributed by atoms with Gasteiger partial charge >= 0.3 is 5.97 Å². The summed E-state index contributed by atoms with van der Waals surface area (Å²) in [5.41, 5.74) is 6.93. The Morgan fingerprint density at radius 3 is 2.26 bits per heavy atom. The van der Waals surface area contributed by atoms with E-state index in [1.54, 1.807) is 12.3 Å². The number of carbonyl (C=O) groups is 4. The molecular weight excluding hydrogens is 466 g/mol. The van der Waals surface area contributed by atoms with Crippen LogP contribution in [0.1, 0.15) is 12.5 Å². The number of nitrogens with two attached hydrogens (primary N) is 1. The first-order valence-corrected chi connectivity index (χ1v) is 11.1. The Hall–Kier alpha value is -3.13. The van der Waals surface area contributed by atoms with E-state index < -0.39 is 60.6 Å². The third kappa shape index (κ3) is 6.93. The van der Waals surface area contributed by atoms with Crippen molar-refractivity contribution >= 4 is 47.2 Å². The molecule has 5 unspecified atom stereocenters. The van der Waals surface area contributed by atoms with Gasteiger partial charge in [-0.2, -0.15) is 12.6 Å². The topological polar surface area (TPSA) is 207 Å². The van der Waals surface area contributed by atoms with Gasteiger partial charge < -0.3 is 42.0 Å². The van der Waals surface area contributed by atoms with Crippen molar-refractivity contribution < 1.29 is 34.5 Å². The van der Waals surface area contributed by atoms with Crippen molar-refractivity contribution in [3.8, 4) is 0 Å². The number of aliphatic hydroxyl groups is 2. The smallest absolute Gasteiger partial charge is 0.328 e. The number of carboxylic acids is 1. The van der Waals surface area contributed by atoms with Gasteiger partial charge in [-0.05, 0) is 18.6 Å². The van der Waals surface area contributed by atoms with Gasteiger partial charge in [0.1, 0.15) is 18.1 Å². The minimum Gasteiger partial charge on any atom is -0.480 e. The van der Waals surface area contributed by atoms with Crippen LogP contribution in [0.25, 0.3) is 10.9 Å². The second-order valence-electron chi connectivity index (χ2n) is 7.72. The molecule has 2 aromatic rings. The molecule has 3 amide bonds. The Balaban J connectivity index is 2.28. The summed E-state index contributed by atoms with van der Waals surface area (Å²) < 4.78 is 0. The molecule has 9 N–H and O–H groups in total. The molecule has 0 saturated carbocycles. The van der Waals surface area contributed by atoms with Gasteiger partial charge in [-0.3, -0.25) is 14.4 Å². The number of nitrogens with one attached hydrogen (secondary N) is 4. The molecule has 0 saturated heterocycles. The monoisotopic (exact) mass is 495 g/mol. The number of amides is 3. The van der Waals surface area contributed by atoms with Crippen molar-refractivity contribution in [2.24, 2.45) is 5.73 Å². The zero-order valence-corrected chi connectivity index (χ0v) is 19.3. The number of benzene rings is 1. The molecule has 0 aliphatic heterocycles. The van der Waals surface area contributed by atoms with E-state index in [9.17, 15) is 29.4 Å². The van der Waals surface area contributed by atoms with Gasteiger partial charge in [0.15, 0.2) is 6.04 Å². The van der Waals surface area contributed by atoms with Gasteiger partial charge in [-0.1, -0.05) is 18.2 Å². The molecule has 0 spiro atoms. The van der Waals surface area contributed by atoms with Gasteiger partial charge in [0.05, 0.1) is 12.7 Å². The van der Waals surface area contributed by atoms with Crippen LogP contribution in [0.5, 0.6) is 0 Å². The Labute approximate surface area is 200 Å². The van der Waals surface area contributed by atoms with Crippen molar-refractivity contribution in [1.82, 2.24) is 20.9 Å². The number of carboxylic acid groups (broad SMARTS) is 1. The summed E-state index contributed by atoms with van der Waals surface area (Å²) in [5.74, 6) is -3.98. The van der Waals surface area contributed by atoms with Crippen molar-refractivity contribution in [1.29, 1.82) is 0 Å². The summed E-state index contributed by atoms with van der Waals surface area (Å²) in [5, 5.41) is 35.9. The van der Waals surface area contributed by atoms with E-state index in [0.29, 0.717) is 5.56 Å². The zero-order valence-electron chi connectivity index (χ0n) is 18.4. The van der Waals surface area contributed by atoms with E-state index >= 15 is 0 Å². The first-order valence-electron chi connectivity index (χ1n) is 10.4. The second kappa shape index (κ2) is 12.4. The lowest BCUT2D eigenvalue weighted by Gasteiger charge is -2.25. The minimum absolute atomic E-state index is 0.0167. The van der Waals surface area contributed by atoms with Gasteiger partial charge in [0.2, 0.25) is 17.7 Å². The van der Waals surface area contributed by atoms with Crippen LogP contribution in [0.2, 0.25) is 0 Å². The molecule has 186 valence electrons. The Bertz CT molecular complexity index is 1030. The molecule has 5 atom stereocenters. The molecule has 2 rings (SSSR count). The van der Waals surface area contributed by atoms with Crippen LogP contribution in [0.3, 0.4) is 0 Å². The summed E-state index contributed by atoms with van der Waals surface area (Å²) in [6.07, 6.45) is 0.255. The van der Waals surface area contributed by atoms with E-state index in [4.69, 9.17) is 10.8 Å². The third-order valence-corrected chi connectivity index (χ3v) is 5.49. The van der Waals surface area contributed by atoms with Crippen molar-refractivity contribution in [3.05, 3.63) is 36.0 Å². The van der Waals surface area contributed by atoms with Gasteiger partial charge in [-0.25, -0.2) is 4.79 Å². The first kappa shape index (κ1) is 27.1. The largest absolute Gasteiger partial charge is 0.480 e. The molecule has 1 aromatic heterocycles. The van der Waals surface area contributed by atoms with Crippen LogP contribution in [0.15, 0.2) is 30.5 Å². The number of fused-ring (bicyclic) bond motifs is 1. The Morgan fingerprint density at radius 1 is 1.06 bits per heavy atom. The summed E-state index contributed by atoms with van der Waals surface area (Å²) >= 11 is 4.05. The Kier molecular flexibility index (Phi) is 9.86. The number of hydrogen-bond donors (Lipinski definition) is 9. The SMILES string of the molecule is CC(O)C(NC(=O)C(Cc1c[nH]c2ccccc12)NC(=O)C(CS)NC(=O)C(N)CO)C(=O)O. The third-order valence-electron chi connectivity index (χ3n) is 5.13. The average molecular weight is 496 g/mol. The maximum Gasteiger partial charge on any atom is 0.328 e. The lowest BCUT2D eigenvalue weighted by Crippen LogP contribution is -2.59. The maximum absolute atomic E-state index is 13.0. The van der Waals surface area contributed by atoms with E-state index in [1.165, 1.54) is 6.92 Å². The van der Waals surface area contributed by atoms with E-state index in [0.717, 1.165) is 10.9 Å².